The first-order valence-corrected chi connectivity index (χ1v) is 8.66. The van der Waals surface area contributed by atoms with Crippen LogP contribution in [0.5, 0.6) is 0 Å². The largest absolute Gasteiger partial charge is 0.416 e. The van der Waals surface area contributed by atoms with Gasteiger partial charge in [0.05, 0.1) is 5.56 Å². The Morgan fingerprint density at radius 3 is 2.58 bits per heavy atom. The molecule has 142 valence electrons. The number of nitrogens with one attached hydrogen (secondary N) is 2. The third kappa shape index (κ3) is 6.18. The number of benzene rings is 1. The Bertz CT molecular complexity index is 687. The number of anilines is 3. The van der Waals surface area contributed by atoms with E-state index in [0.29, 0.717) is 11.5 Å². The Hall–Kier alpha value is -2.35. The topological polar surface area (TPSA) is 53.1 Å². The SMILES string of the molecule is CCN(CC)CCCNc1ccnc(Nc2cccc(C(F)(F)F)c2)n1. The van der Waals surface area contributed by atoms with Gasteiger partial charge in [-0.1, -0.05) is 19.9 Å². The molecule has 0 saturated carbocycles. The van der Waals surface area contributed by atoms with Crippen molar-refractivity contribution in [3.05, 3.63) is 42.1 Å². The summed E-state index contributed by atoms with van der Waals surface area (Å²) in [5.41, 5.74) is -0.424. The molecule has 0 bridgehead atoms. The van der Waals surface area contributed by atoms with Crippen molar-refractivity contribution >= 4 is 17.5 Å². The molecule has 8 heteroatoms. The molecule has 2 rings (SSSR count). The highest BCUT2D eigenvalue weighted by Crippen LogP contribution is 2.31. The highest BCUT2D eigenvalue weighted by atomic mass is 19.4. The van der Waals surface area contributed by atoms with Gasteiger partial charge in [-0.15, -0.1) is 0 Å². The van der Waals surface area contributed by atoms with Gasteiger partial charge in [-0.3, -0.25) is 0 Å². The zero-order valence-electron chi connectivity index (χ0n) is 15.0. The Kier molecular flexibility index (Phi) is 7.20. The van der Waals surface area contributed by atoms with Crippen LogP contribution in [0.2, 0.25) is 0 Å². The van der Waals surface area contributed by atoms with Crippen LogP contribution in [0.25, 0.3) is 0 Å². The summed E-state index contributed by atoms with van der Waals surface area (Å²) in [5.74, 6) is 0.882. The Labute approximate surface area is 151 Å². The number of hydrogen-bond acceptors (Lipinski definition) is 5. The first kappa shape index (κ1) is 20.0. The van der Waals surface area contributed by atoms with E-state index in [4.69, 9.17) is 0 Å². The zero-order valence-corrected chi connectivity index (χ0v) is 15.0. The summed E-state index contributed by atoms with van der Waals surface area (Å²) in [6.45, 7) is 8.07. The molecule has 0 spiro atoms. The van der Waals surface area contributed by atoms with Crippen molar-refractivity contribution in [2.75, 3.05) is 36.8 Å². The van der Waals surface area contributed by atoms with Gasteiger partial charge in [-0.05, 0) is 50.3 Å². The van der Waals surface area contributed by atoms with Crippen LogP contribution in [-0.4, -0.2) is 41.0 Å². The highest BCUT2D eigenvalue weighted by Gasteiger charge is 2.30. The van der Waals surface area contributed by atoms with Crippen LogP contribution in [0, 0.1) is 0 Å². The minimum atomic E-state index is -4.38. The number of halogens is 3. The number of aromatic nitrogens is 2. The smallest absolute Gasteiger partial charge is 0.370 e. The van der Waals surface area contributed by atoms with E-state index < -0.39 is 11.7 Å². The molecule has 0 saturated heterocycles. The predicted octanol–water partition coefficient (Wildman–Crippen LogP) is 4.38. The van der Waals surface area contributed by atoms with Crippen molar-refractivity contribution in [1.82, 2.24) is 14.9 Å². The maximum absolute atomic E-state index is 12.8. The lowest BCUT2D eigenvalue weighted by Gasteiger charge is -2.17. The molecule has 0 unspecified atom stereocenters. The van der Waals surface area contributed by atoms with E-state index in [1.54, 1.807) is 18.3 Å². The molecular weight excluding hydrogens is 343 g/mol. The van der Waals surface area contributed by atoms with E-state index in [1.807, 2.05) is 0 Å². The molecule has 2 aromatic rings. The Morgan fingerprint density at radius 2 is 1.88 bits per heavy atom. The molecule has 1 aromatic heterocycles. The van der Waals surface area contributed by atoms with Gasteiger partial charge < -0.3 is 15.5 Å². The third-order valence-corrected chi connectivity index (χ3v) is 3.95. The summed E-state index contributed by atoms with van der Waals surface area (Å²) < 4.78 is 38.3. The molecule has 1 aromatic carbocycles. The van der Waals surface area contributed by atoms with Crippen molar-refractivity contribution in [2.45, 2.75) is 26.4 Å². The lowest BCUT2D eigenvalue weighted by Crippen LogP contribution is -2.25. The second-order valence-electron chi connectivity index (χ2n) is 5.78. The number of nitrogens with zero attached hydrogens (tertiary/aromatic N) is 3. The lowest BCUT2D eigenvalue weighted by molar-refractivity contribution is -0.137. The molecule has 0 aliphatic heterocycles. The van der Waals surface area contributed by atoms with Crippen LogP contribution < -0.4 is 10.6 Å². The second kappa shape index (κ2) is 9.38. The third-order valence-electron chi connectivity index (χ3n) is 3.95. The van der Waals surface area contributed by atoms with Gasteiger partial charge in [0, 0.05) is 18.4 Å². The van der Waals surface area contributed by atoms with Crippen LogP contribution in [0.15, 0.2) is 36.5 Å². The fourth-order valence-electron chi connectivity index (χ4n) is 2.48. The quantitative estimate of drug-likeness (QED) is 0.644. The summed E-state index contributed by atoms with van der Waals surface area (Å²) in [6.07, 6.45) is -1.84. The molecule has 0 radical (unpaired) electrons. The van der Waals surface area contributed by atoms with Gasteiger partial charge in [0.1, 0.15) is 5.82 Å². The molecule has 0 aliphatic carbocycles. The molecule has 2 N–H and O–H groups in total. The minimum Gasteiger partial charge on any atom is -0.370 e. The average Bonchev–Trinajstić information content (AvgIpc) is 2.62. The van der Waals surface area contributed by atoms with Crippen molar-refractivity contribution in [3.8, 4) is 0 Å². The first-order valence-electron chi connectivity index (χ1n) is 8.66. The monoisotopic (exact) mass is 367 g/mol. The van der Waals surface area contributed by atoms with E-state index in [9.17, 15) is 13.2 Å². The van der Waals surface area contributed by atoms with Crippen LogP contribution in [-0.2, 0) is 6.18 Å². The number of hydrogen-bond donors (Lipinski definition) is 2. The summed E-state index contributed by atoms with van der Waals surface area (Å²) in [5, 5.41) is 6.03. The Morgan fingerprint density at radius 1 is 1.12 bits per heavy atom. The molecule has 0 fully saturated rings. The molecular formula is C18H24F3N5. The van der Waals surface area contributed by atoms with E-state index in [2.05, 4.69) is 39.3 Å². The van der Waals surface area contributed by atoms with Crippen LogP contribution in [0.3, 0.4) is 0 Å². The van der Waals surface area contributed by atoms with Gasteiger partial charge in [0.25, 0.3) is 0 Å². The maximum Gasteiger partial charge on any atom is 0.416 e. The predicted molar refractivity (Wildman–Crippen MR) is 97.7 cm³/mol. The van der Waals surface area contributed by atoms with E-state index in [-0.39, 0.29) is 5.95 Å². The van der Waals surface area contributed by atoms with Gasteiger partial charge in [-0.25, -0.2) is 4.98 Å². The average molecular weight is 367 g/mol. The maximum atomic E-state index is 12.8. The lowest BCUT2D eigenvalue weighted by atomic mass is 10.2. The summed E-state index contributed by atoms with van der Waals surface area (Å²) >= 11 is 0. The minimum absolute atomic E-state index is 0.248. The second-order valence-corrected chi connectivity index (χ2v) is 5.78. The van der Waals surface area contributed by atoms with Crippen molar-refractivity contribution in [2.24, 2.45) is 0 Å². The van der Waals surface area contributed by atoms with Crippen molar-refractivity contribution < 1.29 is 13.2 Å². The van der Waals surface area contributed by atoms with E-state index in [1.165, 1.54) is 6.07 Å². The number of alkyl halides is 3. The van der Waals surface area contributed by atoms with E-state index in [0.717, 1.165) is 44.7 Å². The fourth-order valence-corrected chi connectivity index (χ4v) is 2.48. The van der Waals surface area contributed by atoms with Gasteiger partial charge in [0.2, 0.25) is 5.95 Å². The summed E-state index contributed by atoms with van der Waals surface area (Å²) in [4.78, 5) is 10.7. The van der Waals surface area contributed by atoms with E-state index >= 15 is 0 Å². The first-order chi connectivity index (χ1) is 12.4. The normalized spacial score (nSPS) is 11.6. The molecule has 1 heterocycles. The van der Waals surface area contributed by atoms with Crippen molar-refractivity contribution in [1.29, 1.82) is 0 Å². The van der Waals surface area contributed by atoms with Gasteiger partial charge in [-0.2, -0.15) is 18.2 Å². The Balaban J connectivity index is 1.93. The molecule has 26 heavy (non-hydrogen) atoms. The molecule has 0 amide bonds. The molecule has 5 nitrogen and oxygen atoms in total. The zero-order chi connectivity index (χ0) is 19.0. The van der Waals surface area contributed by atoms with Crippen LogP contribution in [0.1, 0.15) is 25.8 Å². The highest BCUT2D eigenvalue weighted by molar-refractivity contribution is 5.56. The fraction of sp³-hybridized carbons (Fsp3) is 0.444. The van der Waals surface area contributed by atoms with Gasteiger partial charge in [0.15, 0.2) is 0 Å². The standard InChI is InChI=1S/C18H24F3N5/c1-3-26(4-2)12-6-10-22-16-9-11-23-17(25-16)24-15-8-5-7-14(13-15)18(19,20)21/h5,7-9,11,13H,3-4,6,10,12H2,1-2H3,(H2,22,23,24,25). The van der Waals surface area contributed by atoms with Crippen LogP contribution in [0.4, 0.5) is 30.6 Å². The van der Waals surface area contributed by atoms with Crippen LogP contribution >= 0.6 is 0 Å². The number of rotatable bonds is 9. The summed E-state index contributed by atoms with van der Waals surface area (Å²) in [7, 11) is 0. The van der Waals surface area contributed by atoms with Crippen molar-refractivity contribution in [3.63, 3.8) is 0 Å². The molecule has 0 atom stereocenters. The summed E-state index contributed by atoms with van der Waals surface area (Å²) in [6, 6.07) is 6.69. The molecule has 0 aliphatic rings. The van der Waals surface area contributed by atoms with Gasteiger partial charge >= 0.3 is 6.18 Å².